The van der Waals surface area contributed by atoms with E-state index in [1.165, 1.54) is 18.5 Å². The zero-order chi connectivity index (χ0) is 26.5. The van der Waals surface area contributed by atoms with Gasteiger partial charge in [-0.15, -0.1) is 0 Å². The van der Waals surface area contributed by atoms with Crippen molar-refractivity contribution in [2.45, 2.75) is 100 Å². The minimum absolute atomic E-state index is 0.00508. The summed E-state index contributed by atoms with van der Waals surface area (Å²) in [5.74, 6) is 0.0245. The molecule has 5 rings (SSSR count). The molecule has 3 heterocycles. The van der Waals surface area contributed by atoms with Crippen molar-refractivity contribution in [3.05, 3.63) is 35.9 Å². The fraction of sp³-hybridized carbons (Fsp3) is 0.577. The first kappa shape index (κ1) is 25.7. The predicted octanol–water partition coefficient (Wildman–Crippen LogP) is 4.91. The molecule has 1 saturated carbocycles. The molecule has 200 valence electrons. The smallest absolute Gasteiger partial charge is 0.410 e. The minimum atomic E-state index is -3.52. The Labute approximate surface area is 216 Å². The van der Waals surface area contributed by atoms with Gasteiger partial charge in [0, 0.05) is 12.5 Å². The average Bonchev–Trinajstić information content (AvgIpc) is 3.33. The molecule has 0 spiro atoms. The molecule has 1 aliphatic carbocycles. The van der Waals surface area contributed by atoms with Crippen LogP contribution >= 0.6 is 0 Å². The number of aromatic nitrogens is 2. The molecule has 2 saturated heterocycles. The van der Waals surface area contributed by atoms with E-state index in [0.717, 1.165) is 25.3 Å². The first-order valence-corrected chi connectivity index (χ1v) is 14.3. The van der Waals surface area contributed by atoms with Gasteiger partial charge >= 0.3 is 6.09 Å². The summed E-state index contributed by atoms with van der Waals surface area (Å²) in [6.07, 6.45) is 5.29. The van der Waals surface area contributed by atoms with Crippen LogP contribution in [0.15, 0.2) is 29.4 Å². The second-order valence-electron chi connectivity index (χ2n) is 11.1. The van der Waals surface area contributed by atoms with Crippen LogP contribution in [0.5, 0.6) is 5.88 Å². The number of fused-ring (bicyclic) bond motifs is 2. The molecule has 1 aromatic heterocycles. The molecule has 3 fully saturated rings. The van der Waals surface area contributed by atoms with Crippen molar-refractivity contribution in [1.82, 2.24) is 14.9 Å². The Hall–Kier alpha value is -2.95. The highest BCUT2D eigenvalue weighted by atomic mass is 32.2. The zero-order valence-corrected chi connectivity index (χ0v) is 22.3. The fourth-order valence-corrected chi connectivity index (χ4v) is 7.12. The van der Waals surface area contributed by atoms with Gasteiger partial charge in [-0.2, -0.15) is 0 Å². The number of nitrogens with one attached hydrogen (secondary N) is 1. The molecule has 11 heteroatoms. The molecule has 3 atom stereocenters. The van der Waals surface area contributed by atoms with Crippen molar-refractivity contribution in [2.75, 3.05) is 5.32 Å². The van der Waals surface area contributed by atoms with Gasteiger partial charge < -0.3 is 14.8 Å². The van der Waals surface area contributed by atoms with Gasteiger partial charge in [-0.3, -0.25) is 4.90 Å². The van der Waals surface area contributed by atoms with E-state index in [2.05, 4.69) is 15.3 Å². The third-order valence-corrected chi connectivity index (χ3v) is 9.66. The number of hydrogen-bond acceptors (Lipinski definition) is 8. The Balaban J connectivity index is 1.30. The van der Waals surface area contributed by atoms with Crippen molar-refractivity contribution < 1.29 is 27.1 Å². The lowest BCUT2D eigenvalue weighted by Crippen LogP contribution is -2.42. The quantitative estimate of drug-likeness (QED) is 0.559. The largest absolute Gasteiger partial charge is 0.472 e. The third-order valence-electron chi connectivity index (χ3n) is 7.40. The molecule has 37 heavy (non-hydrogen) atoms. The monoisotopic (exact) mass is 532 g/mol. The summed E-state index contributed by atoms with van der Waals surface area (Å²) in [6, 6.07) is 3.86. The van der Waals surface area contributed by atoms with Crippen molar-refractivity contribution in [3.63, 3.8) is 0 Å². The van der Waals surface area contributed by atoms with Crippen molar-refractivity contribution in [3.8, 4) is 5.88 Å². The molecule has 2 bridgehead atoms. The number of nitrogens with zero attached hydrogens (tertiary/aromatic N) is 3. The highest BCUT2D eigenvalue weighted by Crippen LogP contribution is 2.41. The Morgan fingerprint density at radius 3 is 2.57 bits per heavy atom. The predicted molar refractivity (Wildman–Crippen MR) is 135 cm³/mol. The Bertz CT molecular complexity index is 1310. The van der Waals surface area contributed by atoms with E-state index in [1.807, 2.05) is 20.8 Å². The number of hydrogen-bond donors (Lipinski definition) is 1. The van der Waals surface area contributed by atoms with Crippen LogP contribution in [-0.4, -0.2) is 58.4 Å². The summed E-state index contributed by atoms with van der Waals surface area (Å²) < 4.78 is 52.0. The van der Waals surface area contributed by atoms with Crippen LogP contribution in [0.25, 0.3) is 0 Å². The summed E-state index contributed by atoms with van der Waals surface area (Å²) in [6.45, 7) is 7.31. The Morgan fingerprint density at radius 2 is 1.92 bits per heavy atom. The standard InChI is InChI=1S/C26H33FN4O5S/c1-15-23(30-20-10-9-18(13-19(20)27)37(33,34)17-6-5-7-17)28-14-29-24(15)35-22-12-16-8-11-21(22)31(16)25(32)36-26(2,3)4/h9-10,13-14,16-17,21-22H,5-8,11-12H2,1-4H3,(H,28,29,30). The lowest BCUT2D eigenvalue weighted by atomic mass is 9.98. The number of halogens is 1. The van der Waals surface area contributed by atoms with Gasteiger partial charge in [0.15, 0.2) is 9.84 Å². The maximum atomic E-state index is 14.9. The highest BCUT2D eigenvalue weighted by Gasteiger charge is 2.51. The van der Waals surface area contributed by atoms with Gasteiger partial charge in [0.1, 0.15) is 29.7 Å². The molecule has 0 radical (unpaired) electrons. The minimum Gasteiger partial charge on any atom is -0.472 e. The lowest BCUT2D eigenvalue weighted by molar-refractivity contribution is 0.0180. The summed E-state index contributed by atoms with van der Waals surface area (Å²) in [7, 11) is -3.52. The van der Waals surface area contributed by atoms with E-state index < -0.39 is 26.5 Å². The van der Waals surface area contributed by atoms with Gasteiger partial charge in [0.25, 0.3) is 0 Å². The third kappa shape index (κ3) is 4.97. The first-order chi connectivity index (χ1) is 17.4. The number of carbonyl (C=O) groups is 1. The molecule has 3 unspecified atom stereocenters. The number of benzene rings is 1. The SMILES string of the molecule is Cc1c(Nc2ccc(S(=O)(=O)C3CCC3)cc2F)ncnc1OC1CC2CCC1N2C(=O)OC(C)(C)C. The Morgan fingerprint density at radius 1 is 1.16 bits per heavy atom. The number of anilines is 2. The van der Waals surface area contributed by atoms with Crippen molar-refractivity contribution in [2.24, 2.45) is 0 Å². The molecule has 1 N–H and O–H groups in total. The molecule has 1 aromatic carbocycles. The molecule has 9 nitrogen and oxygen atoms in total. The summed E-state index contributed by atoms with van der Waals surface area (Å²) in [5.41, 5.74) is 0.115. The zero-order valence-electron chi connectivity index (χ0n) is 21.5. The lowest BCUT2D eigenvalue weighted by Gasteiger charge is -2.28. The van der Waals surface area contributed by atoms with Crippen molar-refractivity contribution in [1.29, 1.82) is 0 Å². The Kier molecular flexibility index (Phi) is 6.54. The van der Waals surface area contributed by atoms with Crippen LogP contribution in [0.2, 0.25) is 0 Å². The van der Waals surface area contributed by atoms with Gasteiger partial charge in [0.2, 0.25) is 5.88 Å². The average molecular weight is 533 g/mol. The van der Waals surface area contributed by atoms with Gasteiger partial charge in [-0.05, 0) is 71.6 Å². The van der Waals surface area contributed by atoms with Crippen LogP contribution in [0.4, 0.5) is 20.7 Å². The number of rotatable bonds is 6. The molecular formula is C26H33FN4O5S. The highest BCUT2D eigenvalue weighted by molar-refractivity contribution is 7.92. The van der Waals surface area contributed by atoms with E-state index in [9.17, 15) is 17.6 Å². The van der Waals surface area contributed by atoms with E-state index >= 15 is 0 Å². The fourth-order valence-electron chi connectivity index (χ4n) is 5.26. The molecule has 2 aliphatic heterocycles. The topological polar surface area (TPSA) is 111 Å². The van der Waals surface area contributed by atoms with Crippen molar-refractivity contribution >= 4 is 27.4 Å². The molecule has 3 aliphatic rings. The van der Waals surface area contributed by atoms with Gasteiger partial charge in [-0.25, -0.2) is 27.6 Å². The van der Waals surface area contributed by atoms with Crippen LogP contribution in [0.3, 0.4) is 0 Å². The van der Waals surface area contributed by atoms with E-state index in [1.54, 1.807) is 11.8 Å². The van der Waals surface area contributed by atoms with Crippen LogP contribution in [-0.2, 0) is 14.6 Å². The molecular weight excluding hydrogens is 499 g/mol. The van der Waals surface area contributed by atoms with Gasteiger partial charge in [-0.1, -0.05) is 6.42 Å². The first-order valence-electron chi connectivity index (χ1n) is 12.7. The van der Waals surface area contributed by atoms with Crippen LogP contribution in [0, 0.1) is 12.7 Å². The van der Waals surface area contributed by atoms with Gasteiger partial charge in [0.05, 0.1) is 27.4 Å². The van der Waals surface area contributed by atoms with Crippen LogP contribution < -0.4 is 10.1 Å². The normalized spacial score (nSPS) is 23.6. The number of sulfone groups is 1. The number of ether oxygens (including phenoxy) is 2. The molecule has 2 aromatic rings. The maximum absolute atomic E-state index is 14.9. The van der Waals surface area contributed by atoms with E-state index in [4.69, 9.17) is 9.47 Å². The second-order valence-corrected chi connectivity index (χ2v) is 13.3. The molecule has 1 amide bonds. The summed E-state index contributed by atoms with van der Waals surface area (Å²) in [5, 5.41) is 2.52. The van der Waals surface area contributed by atoms with Crippen LogP contribution in [0.1, 0.15) is 64.9 Å². The second kappa shape index (κ2) is 9.41. The summed E-state index contributed by atoms with van der Waals surface area (Å²) in [4.78, 5) is 23.1. The number of amides is 1. The van der Waals surface area contributed by atoms with E-state index in [0.29, 0.717) is 36.5 Å². The maximum Gasteiger partial charge on any atom is 0.410 e. The summed E-state index contributed by atoms with van der Waals surface area (Å²) >= 11 is 0. The number of carbonyl (C=O) groups excluding carboxylic acids is 1. The van der Waals surface area contributed by atoms with E-state index in [-0.39, 0.29) is 34.9 Å².